The zero-order valence-electron chi connectivity index (χ0n) is 27.3. The molecule has 0 fully saturated rings. The van der Waals surface area contributed by atoms with Crippen molar-refractivity contribution in [2.24, 2.45) is 5.92 Å². The molecule has 4 aromatic rings. The number of hydrogen-bond acceptors (Lipinski definition) is 5. The number of nitrogens with one attached hydrogen (secondary N) is 3. The summed E-state index contributed by atoms with van der Waals surface area (Å²) < 4.78 is 45.2. The summed E-state index contributed by atoms with van der Waals surface area (Å²) in [4.78, 5) is 42.8. The number of aliphatic hydroxyl groups excluding tert-OH is 1. The third kappa shape index (κ3) is 8.60. The standard InChI is InChI=1S/C36H38F3N5O5/c1-22-19-44(23(2)21-45)33(46)18-25-17-28(41-34(47)40-27-13-11-26(12-14-27)36(37,38)39)15-16-31(25)49-32(22)20-43(3)35(48)42-30-10-6-8-24-7-4-5-9-29(24)30/h4-17,22-23,32,45H,18-21H2,1-3H3,(H,42,48)(H2,40,41,47)/t22-,23-,32+/m1/s1. The van der Waals surface area contributed by atoms with Gasteiger partial charge in [-0.05, 0) is 60.8 Å². The van der Waals surface area contributed by atoms with Crippen LogP contribution in [-0.2, 0) is 17.4 Å². The van der Waals surface area contributed by atoms with Crippen LogP contribution in [0, 0.1) is 5.92 Å². The first-order chi connectivity index (χ1) is 23.3. The number of hydrogen-bond donors (Lipinski definition) is 4. The number of ether oxygens (including phenoxy) is 1. The summed E-state index contributed by atoms with van der Waals surface area (Å²) in [6, 6.07) is 20.7. The van der Waals surface area contributed by atoms with Crippen molar-refractivity contribution >= 4 is 45.8 Å². The van der Waals surface area contributed by atoms with Crippen molar-refractivity contribution in [3.63, 3.8) is 0 Å². The minimum atomic E-state index is -4.50. The third-order valence-electron chi connectivity index (χ3n) is 8.48. The van der Waals surface area contributed by atoms with Crippen LogP contribution < -0.4 is 20.7 Å². The molecule has 258 valence electrons. The summed E-state index contributed by atoms with van der Waals surface area (Å²) in [5, 5.41) is 20.0. The number of halogens is 3. The first-order valence-corrected chi connectivity index (χ1v) is 15.8. The number of carbonyl (C=O) groups excluding carboxylic acids is 3. The molecular formula is C36H38F3N5O5. The van der Waals surface area contributed by atoms with Gasteiger partial charge in [0.05, 0.1) is 36.9 Å². The van der Waals surface area contributed by atoms with Crippen LogP contribution in [-0.4, -0.2) is 71.8 Å². The monoisotopic (exact) mass is 677 g/mol. The van der Waals surface area contributed by atoms with E-state index in [1.807, 2.05) is 49.4 Å². The average molecular weight is 678 g/mol. The van der Waals surface area contributed by atoms with Crippen LogP contribution in [0.3, 0.4) is 0 Å². The van der Waals surface area contributed by atoms with E-state index in [2.05, 4.69) is 16.0 Å². The van der Waals surface area contributed by atoms with Gasteiger partial charge in [0.2, 0.25) is 5.91 Å². The number of benzene rings is 4. The molecule has 0 saturated carbocycles. The summed E-state index contributed by atoms with van der Waals surface area (Å²) in [5.74, 6) is -0.128. The zero-order chi connectivity index (χ0) is 35.3. The van der Waals surface area contributed by atoms with Gasteiger partial charge in [-0.15, -0.1) is 0 Å². The number of urea groups is 2. The molecular weight excluding hydrogens is 639 g/mol. The lowest BCUT2D eigenvalue weighted by atomic mass is 10.0. The smallest absolute Gasteiger partial charge is 0.416 e. The minimum absolute atomic E-state index is 0.0907. The fraction of sp³-hybridized carbons (Fsp3) is 0.306. The number of anilines is 3. The maximum absolute atomic E-state index is 13.6. The Morgan fingerprint density at radius 3 is 2.37 bits per heavy atom. The second-order valence-corrected chi connectivity index (χ2v) is 12.2. The van der Waals surface area contributed by atoms with E-state index < -0.39 is 29.9 Å². The fourth-order valence-electron chi connectivity index (χ4n) is 5.66. The van der Waals surface area contributed by atoms with Crippen LogP contribution >= 0.6 is 0 Å². The molecule has 0 aliphatic carbocycles. The molecule has 49 heavy (non-hydrogen) atoms. The molecule has 0 aromatic heterocycles. The van der Waals surface area contributed by atoms with Crippen LogP contribution in [0.5, 0.6) is 5.75 Å². The van der Waals surface area contributed by atoms with Gasteiger partial charge in [0, 0.05) is 41.8 Å². The van der Waals surface area contributed by atoms with Crippen LogP contribution in [0.4, 0.5) is 39.8 Å². The van der Waals surface area contributed by atoms with Crippen molar-refractivity contribution in [2.75, 3.05) is 42.7 Å². The number of alkyl halides is 3. The molecule has 1 aliphatic rings. The Bertz CT molecular complexity index is 1810. The summed E-state index contributed by atoms with van der Waals surface area (Å²) in [6.07, 6.45) is -5.16. The molecule has 5 amide bonds. The minimum Gasteiger partial charge on any atom is -0.488 e. The van der Waals surface area contributed by atoms with E-state index in [4.69, 9.17) is 4.74 Å². The number of likely N-dealkylation sites (N-methyl/N-ethyl adjacent to an activating group) is 1. The number of carbonyl (C=O) groups is 3. The lowest BCUT2D eigenvalue weighted by molar-refractivity contribution is -0.137. The predicted octanol–water partition coefficient (Wildman–Crippen LogP) is 6.82. The van der Waals surface area contributed by atoms with E-state index in [0.29, 0.717) is 22.7 Å². The summed E-state index contributed by atoms with van der Waals surface area (Å²) in [5.41, 5.74) is 0.770. The second-order valence-electron chi connectivity index (χ2n) is 12.2. The lowest BCUT2D eigenvalue weighted by Gasteiger charge is -2.34. The van der Waals surface area contributed by atoms with Gasteiger partial charge in [-0.25, -0.2) is 9.59 Å². The molecule has 0 radical (unpaired) electrons. The molecule has 10 nitrogen and oxygen atoms in total. The molecule has 0 unspecified atom stereocenters. The van der Waals surface area contributed by atoms with E-state index in [1.165, 1.54) is 4.90 Å². The molecule has 4 aromatic carbocycles. The number of amides is 5. The Kier molecular flexibility index (Phi) is 10.6. The molecule has 0 bridgehead atoms. The molecule has 0 saturated heterocycles. The Hall–Kier alpha value is -5.30. The van der Waals surface area contributed by atoms with E-state index in [1.54, 1.807) is 37.1 Å². The molecule has 4 N–H and O–H groups in total. The fourth-order valence-corrected chi connectivity index (χ4v) is 5.66. The molecule has 5 rings (SSSR count). The van der Waals surface area contributed by atoms with Crippen molar-refractivity contribution in [3.05, 3.63) is 96.1 Å². The van der Waals surface area contributed by atoms with E-state index in [-0.39, 0.29) is 49.7 Å². The van der Waals surface area contributed by atoms with Gasteiger partial charge in [-0.3, -0.25) is 4.79 Å². The highest BCUT2D eigenvalue weighted by Gasteiger charge is 2.32. The normalized spacial score (nSPS) is 17.1. The maximum atomic E-state index is 13.6. The van der Waals surface area contributed by atoms with Gasteiger partial charge in [-0.1, -0.05) is 43.3 Å². The van der Waals surface area contributed by atoms with Crippen molar-refractivity contribution in [1.29, 1.82) is 0 Å². The maximum Gasteiger partial charge on any atom is 0.416 e. The van der Waals surface area contributed by atoms with E-state index >= 15 is 0 Å². The average Bonchev–Trinajstić information content (AvgIpc) is 3.11. The van der Waals surface area contributed by atoms with Crippen LogP contribution in [0.1, 0.15) is 25.0 Å². The van der Waals surface area contributed by atoms with Crippen LogP contribution in [0.15, 0.2) is 84.9 Å². The highest BCUT2D eigenvalue weighted by molar-refractivity contribution is 6.01. The second kappa shape index (κ2) is 14.9. The quantitative estimate of drug-likeness (QED) is 0.171. The molecule has 0 spiro atoms. The Labute approximate surface area is 281 Å². The summed E-state index contributed by atoms with van der Waals surface area (Å²) in [6.45, 7) is 3.83. The van der Waals surface area contributed by atoms with Crippen LogP contribution in [0.25, 0.3) is 10.8 Å². The van der Waals surface area contributed by atoms with Gasteiger partial charge in [0.1, 0.15) is 11.9 Å². The number of fused-ring (bicyclic) bond motifs is 2. The highest BCUT2D eigenvalue weighted by Crippen LogP contribution is 2.31. The number of nitrogens with zero attached hydrogens (tertiary/aromatic N) is 2. The Morgan fingerprint density at radius 2 is 1.65 bits per heavy atom. The first kappa shape index (κ1) is 35.0. The SMILES string of the molecule is C[C@@H]1CN([C@H](C)CO)C(=O)Cc2cc(NC(=O)Nc3ccc(C(F)(F)F)cc3)ccc2O[C@H]1CN(C)C(=O)Nc1cccc2ccccc12. The Morgan fingerprint density at radius 1 is 0.980 bits per heavy atom. The van der Waals surface area contributed by atoms with Crippen molar-refractivity contribution in [2.45, 2.75) is 38.6 Å². The Balaban J connectivity index is 1.34. The third-order valence-corrected chi connectivity index (χ3v) is 8.48. The highest BCUT2D eigenvalue weighted by atomic mass is 19.4. The molecule has 3 atom stereocenters. The molecule has 1 aliphatic heterocycles. The first-order valence-electron chi connectivity index (χ1n) is 15.8. The number of rotatable bonds is 7. The van der Waals surface area contributed by atoms with E-state index in [9.17, 15) is 32.7 Å². The van der Waals surface area contributed by atoms with Crippen molar-refractivity contribution in [1.82, 2.24) is 9.80 Å². The van der Waals surface area contributed by atoms with Crippen LogP contribution in [0.2, 0.25) is 0 Å². The van der Waals surface area contributed by atoms with E-state index in [0.717, 1.165) is 35.0 Å². The summed E-state index contributed by atoms with van der Waals surface area (Å²) in [7, 11) is 1.66. The largest absolute Gasteiger partial charge is 0.488 e. The lowest BCUT2D eigenvalue weighted by Crippen LogP contribution is -2.48. The van der Waals surface area contributed by atoms with Crippen molar-refractivity contribution < 1.29 is 37.4 Å². The van der Waals surface area contributed by atoms with Gasteiger partial charge >= 0.3 is 18.2 Å². The topological polar surface area (TPSA) is 123 Å². The molecule has 13 heteroatoms. The van der Waals surface area contributed by atoms with Gasteiger partial charge in [0.15, 0.2) is 0 Å². The predicted molar refractivity (Wildman–Crippen MR) is 182 cm³/mol. The summed E-state index contributed by atoms with van der Waals surface area (Å²) >= 11 is 0. The number of aliphatic hydroxyl groups is 1. The zero-order valence-corrected chi connectivity index (χ0v) is 27.3. The van der Waals surface area contributed by atoms with Gasteiger partial charge in [0.25, 0.3) is 0 Å². The van der Waals surface area contributed by atoms with Gasteiger partial charge in [-0.2, -0.15) is 13.2 Å². The molecule has 1 heterocycles. The van der Waals surface area contributed by atoms with Crippen molar-refractivity contribution in [3.8, 4) is 5.75 Å². The van der Waals surface area contributed by atoms with Gasteiger partial charge < -0.3 is 35.6 Å².